The van der Waals surface area contributed by atoms with Crippen LogP contribution in [0.1, 0.15) is 59.3 Å². The highest BCUT2D eigenvalue weighted by atomic mass is 15.6. The molecule has 1 rings (SSSR count). The first-order chi connectivity index (χ1) is 7.18. The molecule has 0 bridgehead atoms. The lowest BCUT2D eigenvalue weighted by molar-refractivity contribution is 0.334. The van der Waals surface area contributed by atoms with Crippen LogP contribution in [0.3, 0.4) is 0 Å². The van der Waals surface area contributed by atoms with Gasteiger partial charge < -0.3 is 0 Å². The molecule has 0 saturated carbocycles. The van der Waals surface area contributed by atoms with Gasteiger partial charge in [0.2, 0.25) is 0 Å². The van der Waals surface area contributed by atoms with E-state index in [9.17, 15) is 0 Å². The van der Waals surface area contributed by atoms with Gasteiger partial charge in [0.1, 0.15) is 0 Å². The summed E-state index contributed by atoms with van der Waals surface area (Å²) in [7, 11) is 0. The summed E-state index contributed by atoms with van der Waals surface area (Å²) in [6, 6.07) is 0. The summed E-state index contributed by atoms with van der Waals surface area (Å²) in [4.78, 5) is 0. The third kappa shape index (κ3) is 4.06. The van der Waals surface area contributed by atoms with Crippen LogP contribution in [0.5, 0.6) is 0 Å². The van der Waals surface area contributed by atoms with Crippen LogP contribution in [0, 0.1) is 5.92 Å². The normalized spacial score (nSPS) is 17.9. The molecule has 1 aliphatic rings. The van der Waals surface area contributed by atoms with Gasteiger partial charge in [-0.3, -0.25) is 0 Å². The van der Waals surface area contributed by atoms with Gasteiger partial charge in [-0.05, 0) is 42.0 Å². The molecule has 0 radical (unpaired) electrons. The predicted molar refractivity (Wildman–Crippen MR) is 60.7 cm³/mol. The van der Waals surface area contributed by atoms with Crippen LogP contribution in [0.25, 0.3) is 0 Å². The molecule has 4 heteroatoms. The van der Waals surface area contributed by atoms with Gasteiger partial charge in [-0.1, -0.05) is 33.6 Å². The topological polar surface area (TPSA) is 49.4 Å². The van der Waals surface area contributed by atoms with Crippen LogP contribution in [-0.4, -0.2) is 5.66 Å². The first-order valence-corrected chi connectivity index (χ1v) is 6.02. The molecule has 4 nitrogen and oxygen atoms in total. The van der Waals surface area contributed by atoms with E-state index in [4.69, 9.17) is 0 Å². The lowest BCUT2D eigenvalue weighted by atomic mass is 9.94. The number of hydrogen-bond donors (Lipinski definition) is 0. The number of rotatable bonds is 7. The minimum absolute atomic E-state index is 0.306. The van der Waals surface area contributed by atoms with Gasteiger partial charge >= 0.3 is 0 Å². The second kappa shape index (κ2) is 5.93. The van der Waals surface area contributed by atoms with Crippen LogP contribution in [-0.2, 0) is 0 Å². The minimum Gasteiger partial charge on any atom is -0.135 e. The van der Waals surface area contributed by atoms with Crippen LogP contribution in [0.2, 0.25) is 0 Å². The molecule has 0 fully saturated rings. The molecule has 0 atom stereocenters. The summed E-state index contributed by atoms with van der Waals surface area (Å²) in [5.74, 6) is 0.694. The second-order valence-corrected chi connectivity index (χ2v) is 4.75. The Morgan fingerprint density at radius 2 is 1.67 bits per heavy atom. The zero-order chi connectivity index (χ0) is 11.1. The van der Waals surface area contributed by atoms with Crippen LogP contribution < -0.4 is 0 Å². The van der Waals surface area contributed by atoms with Crippen molar-refractivity contribution < 1.29 is 0 Å². The first-order valence-electron chi connectivity index (χ1n) is 6.02. The standard InChI is InChI=1S/C11H22N4/c1-4-5-6-8-11(9-7-10(2)3)12-14-15-13-11/h10H,4-9H2,1-3H3. The van der Waals surface area contributed by atoms with Gasteiger partial charge in [0.25, 0.3) is 0 Å². The molecule has 0 saturated heterocycles. The van der Waals surface area contributed by atoms with E-state index < -0.39 is 0 Å². The van der Waals surface area contributed by atoms with E-state index in [0.29, 0.717) is 5.92 Å². The van der Waals surface area contributed by atoms with Crippen molar-refractivity contribution in [1.29, 1.82) is 0 Å². The number of nitrogens with zero attached hydrogens (tertiary/aromatic N) is 4. The Balaban J connectivity index is 2.41. The largest absolute Gasteiger partial charge is 0.195 e. The molecule has 15 heavy (non-hydrogen) atoms. The summed E-state index contributed by atoms with van der Waals surface area (Å²) in [6.07, 6.45) is 6.78. The zero-order valence-electron chi connectivity index (χ0n) is 10.1. The molecule has 0 aromatic rings. The average molecular weight is 210 g/mol. The maximum absolute atomic E-state index is 4.20. The van der Waals surface area contributed by atoms with E-state index in [0.717, 1.165) is 19.3 Å². The Kier molecular flexibility index (Phi) is 4.85. The zero-order valence-corrected chi connectivity index (χ0v) is 10.1. The first kappa shape index (κ1) is 12.3. The van der Waals surface area contributed by atoms with Gasteiger partial charge in [0.05, 0.1) is 0 Å². The van der Waals surface area contributed by atoms with Crippen LogP contribution in [0.15, 0.2) is 20.7 Å². The van der Waals surface area contributed by atoms with Gasteiger partial charge in [-0.15, -0.1) is 10.2 Å². The van der Waals surface area contributed by atoms with Crippen molar-refractivity contribution in [3.8, 4) is 0 Å². The summed E-state index contributed by atoms with van der Waals surface area (Å²) >= 11 is 0. The van der Waals surface area contributed by atoms with E-state index in [2.05, 4.69) is 41.4 Å². The van der Waals surface area contributed by atoms with Crippen molar-refractivity contribution in [3.63, 3.8) is 0 Å². The highest BCUT2D eigenvalue weighted by Gasteiger charge is 2.32. The molecule has 0 aromatic heterocycles. The Labute approximate surface area is 92.2 Å². The molecular weight excluding hydrogens is 188 g/mol. The monoisotopic (exact) mass is 210 g/mol. The fourth-order valence-corrected chi connectivity index (χ4v) is 1.73. The summed E-state index contributed by atoms with van der Waals surface area (Å²) < 4.78 is 0. The summed E-state index contributed by atoms with van der Waals surface area (Å²) in [6.45, 7) is 6.66. The second-order valence-electron chi connectivity index (χ2n) is 4.75. The molecule has 0 aromatic carbocycles. The minimum atomic E-state index is -0.306. The van der Waals surface area contributed by atoms with E-state index in [1.54, 1.807) is 0 Å². The average Bonchev–Trinajstić information content (AvgIpc) is 2.65. The SMILES string of the molecule is CCCCCC1(CCC(C)C)N=NN=N1. The Bertz CT molecular complexity index is 221. The van der Waals surface area contributed by atoms with Gasteiger partial charge in [-0.25, -0.2) is 0 Å². The molecule has 0 aliphatic carbocycles. The summed E-state index contributed by atoms with van der Waals surface area (Å²) in [5.41, 5.74) is -0.306. The predicted octanol–water partition coefficient (Wildman–Crippen LogP) is 4.53. The van der Waals surface area contributed by atoms with E-state index in [1.807, 2.05) is 0 Å². The fraction of sp³-hybridized carbons (Fsp3) is 1.00. The quantitative estimate of drug-likeness (QED) is 0.554. The Morgan fingerprint density at radius 3 is 2.20 bits per heavy atom. The fourth-order valence-electron chi connectivity index (χ4n) is 1.73. The highest BCUT2D eigenvalue weighted by Crippen LogP contribution is 2.32. The molecule has 1 aliphatic heterocycles. The van der Waals surface area contributed by atoms with Crippen molar-refractivity contribution in [2.45, 2.75) is 65.0 Å². The maximum atomic E-state index is 4.20. The molecule has 0 amide bonds. The third-order valence-electron chi connectivity index (χ3n) is 2.80. The number of unbranched alkanes of at least 4 members (excludes halogenated alkanes) is 2. The maximum Gasteiger partial charge on any atom is 0.195 e. The third-order valence-corrected chi connectivity index (χ3v) is 2.80. The van der Waals surface area contributed by atoms with Crippen LogP contribution in [0.4, 0.5) is 0 Å². The van der Waals surface area contributed by atoms with E-state index >= 15 is 0 Å². The summed E-state index contributed by atoms with van der Waals surface area (Å²) in [5, 5.41) is 15.8. The number of hydrogen-bond acceptors (Lipinski definition) is 4. The lowest BCUT2D eigenvalue weighted by Gasteiger charge is -2.20. The van der Waals surface area contributed by atoms with Crippen molar-refractivity contribution >= 4 is 0 Å². The van der Waals surface area contributed by atoms with Gasteiger partial charge in [0.15, 0.2) is 5.66 Å². The molecule has 0 N–H and O–H groups in total. The molecule has 86 valence electrons. The highest BCUT2D eigenvalue weighted by molar-refractivity contribution is 4.85. The van der Waals surface area contributed by atoms with Gasteiger partial charge in [-0.2, -0.15) is 0 Å². The molecule has 0 spiro atoms. The Hall–Kier alpha value is -0.800. The molecular formula is C11H22N4. The van der Waals surface area contributed by atoms with E-state index in [-0.39, 0.29) is 5.66 Å². The van der Waals surface area contributed by atoms with Crippen molar-refractivity contribution in [1.82, 2.24) is 0 Å². The van der Waals surface area contributed by atoms with Crippen molar-refractivity contribution in [2.75, 3.05) is 0 Å². The Morgan fingerprint density at radius 1 is 1.00 bits per heavy atom. The smallest absolute Gasteiger partial charge is 0.135 e. The molecule has 0 unspecified atom stereocenters. The van der Waals surface area contributed by atoms with Crippen LogP contribution >= 0.6 is 0 Å². The van der Waals surface area contributed by atoms with E-state index in [1.165, 1.54) is 19.3 Å². The lowest BCUT2D eigenvalue weighted by Crippen LogP contribution is -2.22. The molecule has 1 heterocycles. The van der Waals surface area contributed by atoms with Gasteiger partial charge in [0, 0.05) is 0 Å². The van der Waals surface area contributed by atoms with Crippen molar-refractivity contribution in [3.05, 3.63) is 0 Å². The van der Waals surface area contributed by atoms with Crippen molar-refractivity contribution in [2.24, 2.45) is 26.6 Å².